The number of ether oxygens (including phenoxy) is 2. The number of hydrogen-bond acceptors (Lipinski definition) is 6. The van der Waals surface area contributed by atoms with Crippen LogP contribution in [0.3, 0.4) is 0 Å². The van der Waals surface area contributed by atoms with E-state index in [4.69, 9.17) is 9.47 Å². The van der Waals surface area contributed by atoms with E-state index in [0.717, 1.165) is 17.3 Å². The van der Waals surface area contributed by atoms with E-state index in [1.54, 1.807) is 6.07 Å². The molecular weight excluding hydrogens is 373 g/mol. The molecule has 0 atom stereocenters. The van der Waals surface area contributed by atoms with Gasteiger partial charge in [-0.05, 0) is 35.9 Å². The summed E-state index contributed by atoms with van der Waals surface area (Å²) in [5.41, 5.74) is 1.28. The smallest absolute Gasteiger partial charge is 0.433 e. The quantitative estimate of drug-likeness (QED) is 0.681. The Morgan fingerprint density at radius 3 is 2.07 bits per heavy atom. The van der Waals surface area contributed by atoms with Crippen LogP contribution in [0.5, 0.6) is 11.8 Å². The van der Waals surface area contributed by atoms with Crippen molar-refractivity contribution in [1.29, 1.82) is 0 Å². The highest BCUT2D eigenvalue weighted by Crippen LogP contribution is 2.27. The number of nitrogens with one attached hydrogen (secondary N) is 1. The highest BCUT2D eigenvalue weighted by atomic mass is 19.4. The second kappa shape index (κ2) is 8.12. The van der Waals surface area contributed by atoms with Gasteiger partial charge in [-0.15, -0.1) is 0 Å². The van der Waals surface area contributed by atoms with Crippen LogP contribution < -0.4 is 14.8 Å². The third-order valence-corrected chi connectivity index (χ3v) is 3.85. The standard InChI is InChI=1S/C19H17F3N4O2/c1-27-16-9-17(28-2)26-18(25-16)13-4-6-14(7-5-13)23-10-12-3-8-15(24-11-12)19(20,21)22/h3-9,11,23H,10H2,1-2H3. The van der Waals surface area contributed by atoms with E-state index in [-0.39, 0.29) is 0 Å². The van der Waals surface area contributed by atoms with Crippen molar-refractivity contribution in [2.75, 3.05) is 19.5 Å². The number of alkyl halides is 3. The normalized spacial score (nSPS) is 11.2. The van der Waals surface area contributed by atoms with Crippen molar-refractivity contribution in [3.63, 3.8) is 0 Å². The Balaban J connectivity index is 1.68. The number of aromatic nitrogens is 3. The molecule has 0 saturated heterocycles. The van der Waals surface area contributed by atoms with Crippen molar-refractivity contribution in [2.45, 2.75) is 12.7 Å². The van der Waals surface area contributed by atoms with Gasteiger partial charge in [-0.2, -0.15) is 23.1 Å². The fourth-order valence-electron chi connectivity index (χ4n) is 2.38. The maximum absolute atomic E-state index is 12.5. The molecule has 0 aliphatic heterocycles. The maximum atomic E-state index is 12.5. The fourth-order valence-corrected chi connectivity index (χ4v) is 2.38. The predicted molar refractivity (Wildman–Crippen MR) is 97.1 cm³/mol. The number of nitrogens with zero attached hydrogens (tertiary/aromatic N) is 3. The summed E-state index contributed by atoms with van der Waals surface area (Å²) in [5, 5.41) is 3.13. The summed E-state index contributed by atoms with van der Waals surface area (Å²) in [6, 6.07) is 11.2. The van der Waals surface area contributed by atoms with E-state index in [1.165, 1.54) is 26.5 Å². The van der Waals surface area contributed by atoms with Gasteiger partial charge in [0.1, 0.15) is 5.69 Å². The Labute approximate surface area is 159 Å². The third-order valence-electron chi connectivity index (χ3n) is 3.85. The van der Waals surface area contributed by atoms with Gasteiger partial charge in [-0.25, -0.2) is 0 Å². The van der Waals surface area contributed by atoms with Gasteiger partial charge < -0.3 is 14.8 Å². The Kier molecular flexibility index (Phi) is 5.62. The minimum absolute atomic E-state index is 0.341. The summed E-state index contributed by atoms with van der Waals surface area (Å²) >= 11 is 0. The molecule has 9 heteroatoms. The molecule has 0 aliphatic carbocycles. The molecular formula is C19H17F3N4O2. The number of pyridine rings is 1. The molecule has 28 heavy (non-hydrogen) atoms. The lowest BCUT2D eigenvalue weighted by atomic mass is 10.2. The van der Waals surface area contributed by atoms with Gasteiger partial charge in [0.2, 0.25) is 11.8 Å². The number of rotatable bonds is 6. The molecule has 0 amide bonds. The Morgan fingerprint density at radius 1 is 0.929 bits per heavy atom. The lowest BCUT2D eigenvalue weighted by Gasteiger charge is -2.10. The van der Waals surface area contributed by atoms with Gasteiger partial charge in [0, 0.05) is 24.0 Å². The molecule has 0 radical (unpaired) electrons. The van der Waals surface area contributed by atoms with Crippen molar-refractivity contribution in [2.24, 2.45) is 0 Å². The SMILES string of the molecule is COc1cc(OC)nc(-c2ccc(NCc3ccc(C(F)(F)F)nc3)cc2)n1. The molecule has 0 unspecified atom stereocenters. The van der Waals surface area contributed by atoms with Crippen molar-refractivity contribution in [3.8, 4) is 23.1 Å². The van der Waals surface area contributed by atoms with Gasteiger partial charge in [0.15, 0.2) is 5.82 Å². The number of hydrogen-bond donors (Lipinski definition) is 1. The Hall–Kier alpha value is -3.36. The minimum Gasteiger partial charge on any atom is -0.481 e. The van der Waals surface area contributed by atoms with E-state index in [1.807, 2.05) is 24.3 Å². The summed E-state index contributed by atoms with van der Waals surface area (Å²) < 4.78 is 47.9. The second-order valence-electron chi connectivity index (χ2n) is 5.76. The molecule has 1 aromatic carbocycles. The van der Waals surface area contributed by atoms with Gasteiger partial charge in [0.05, 0.1) is 20.3 Å². The topological polar surface area (TPSA) is 69.2 Å². The molecule has 6 nitrogen and oxygen atoms in total. The maximum Gasteiger partial charge on any atom is 0.433 e. The number of benzene rings is 1. The van der Waals surface area contributed by atoms with E-state index in [9.17, 15) is 13.2 Å². The highest BCUT2D eigenvalue weighted by Gasteiger charge is 2.31. The molecule has 2 aromatic heterocycles. The van der Waals surface area contributed by atoms with Crippen LogP contribution >= 0.6 is 0 Å². The number of halogens is 3. The first-order valence-electron chi connectivity index (χ1n) is 8.22. The van der Waals surface area contributed by atoms with Crippen molar-refractivity contribution in [1.82, 2.24) is 15.0 Å². The molecule has 0 saturated carbocycles. The lowest BCUT2D eigenvalue weighted by molar-refractivity contribution is -0.141. The van der Waals surface area contributed by atoms with Crippen LogP contribution in [0.4, 0.5) is 18.9 Å². The Morgan fingerprint density at radius 2 is 1.57 bits per heavy atom. The van der Waals surface area contributed by atoms with Crippen LogP contribution in [0, 0.1) is 0 Å². The van der Waals surface area contributed by atoms with Gasteiger partial charge in [0.25, 0.3) is 0 Å². The van der Waals surface area contributed by atoms with Crippen molar-refractivity contribution < 1.29 is 22.6 Å². The molecule has 146 valence electrons. The van der Waals surface area contributed by atoms with Gasteiger partial charge >= 0.3 is 6.18 Å². The van der Waals surface area contributed by atoms with Crippen LogP contribution in [0.15, 0.2) is 48.7 Å². The summed E-state index contributed by atoms with van der Waals surface area (Å²) in [6.45, 7) is 0.341. The second-order valence-corrected chi connectivity index (χ2v) is 5.76. The van der Waals surface area contributed by atoms with E-state index < -0.39 is 11.9 Å². The zero-order valence-electron chi connectivity index (χ0n) is 15.1. The minimum atomic E-state index is -4.44. The molecule has 0 bridgehead atoms. The van der Waals surface area contributed by atoms with Crippen LogP contribution in [-0.4, -0.2) is 29.2 Å². The molecule has 0 aliphatic rings. The van der Waals surface area contributed by atoms with Crippen molar-refractivity contribution in [3.05, 3.63) is 59.9 Å². The monoisotopic (exact) mass is 390 g/mol. The molecule has 2 heterocycles. The predicted octanol–water partition coefficient (Wildman–Crippen LogP) is 4.19. The van der Waals surface area contributed by atoms with E-state index >= 15 is 0 Å². The van der Waals surface area contributed by atoms with Crippen LogP contribution in [0.2, 0.25) is 0 Å². The lowest BCUT2D eigenvalue weighted by Crippen LogP contribution is -2.08. The number of methoxy groups -OCH3 is 2. The molecule has 3 aromatic rings. The molecule has 0 fully saturated rings. The zero-order chi connectivity index (χ0) is 20.1. The highest BCUT2D eigenvalue weighted by molar-refractivity contribution is 5.60. The summed E-state index contributed by atoms with van der Waals surface area (Å²) in [6.07, 6.45) is -3.23. The third kappa shape index (κ3) is 4.67. The summed E-state index contributed by atoms with van der Waals surface area (Å²) in [4.78, 5) is 12.0. The number of anilines is 1. The first kappa shape index (κ1) is 19.4. The van der Waals surface area contributed by atoms with E-state index in [2.05, 4.69) is 20.3 Å². The zero-order valence-corrected chi connectivity index (χ0v) is 15.1. The van der Waals surface area contributed by atoms with Crippen LogP contribution in [0.1, 0.15) is 11.3 Å². The first-order chi connectivity index (χ1) is 13.4. The summed E-state index contributed by atoms with van der Waals surface area (Å²) in [7, 11) is 3.02. The summed E-state index contributed by atoms with van der Waals surface area (Å²) in [5.74, 6) is 1.23. The molecule has 0 spiro atoms. The molecule has 1 N–H and O–H groups in total. The van der Waals surface area contributed by atoms with E-state index in [0.29, 0.717) is 29.7 Å². The average Bonchev–Trinajstić information content (AvgIpc) is 2.72. The van der Waals surface area contributed by atoms with Gasteiger partial charge in [-0.1, -0.05) is 6.07 Å². The van der Waals surface area contributed by atoms with Gasteiger partial charge in [-0.3, -0.25) is 4.98 Å². The fraction of sp³-hybridized carbons (Fsp3) is 0.211. The molecule has 3 rings (SSSR count). The van der Waals surface area contributed by atoms with Crippen LogP contribution in [0.25, 0.3) is 11.4 Å². The Bertz CT molecular complexity index is 907. The van der Waals surface area contributed by atoms with Crippen molar-refractivity contribution >= 4 is 5.69 Å². The van der Waals surface area contributed by atoms with Crippen LogP contribution in [-0.2, 0) is 12.7 Å². The average molecular weight is 390 g/mol. The largest absolute Gasteiger partial charge is 0.481 e. The first-order valence-corrected chi connectivity index (χ1v) is 8.22.